The monoisotopic (exact) mass is 282 g/mol. The van der Waals surface area contributed by atoms with E-state index in [1.807, 2.05) is 7.11 Å². The fourth-order valence-corrected chi connectivity index (χ4v) is 2.86. The van der Waals surface area contributed by atoms with Crippen LogP contribution in [0.3, 0.4) is 0 Å². The number of aryl methyl sites for hydroxylation is 2. The highest BCUT2D eigenvalue weighted by Gasteiger charge is 2.27. The van der Waals surface area contributed by atoms with Gasteiger partial charge in [0.1, 0.15) is 0 Å². The molecule has 0 aliphatic rings. The van der Waals surface area contributed by atoms with Crippen molar-refractivity contribution in [2.24, 2.45) is 0 Å². The van der Waals surface area contributed by atoms with Gasteiger partial charge >= 0.3 is 0 Å². The van der Waals surface area contributed by atoms with E-state index >= 15 is 0 Å². The van der Waals surface area contributed by atoms with Crippen LogP contribution in [0.2, 0.25) is 0 Å². The lowest BCUT2D eigenvalue weighted by Gasteiger charge is -2.32. The molecule has 0 saturated heterocycles. The first-order valence-electron chi connectivity index (χ1n) is 7.91. The van der Waals surface area contributed by atoms with Crippen molar-refractivity contribution >= 4 is 0 Å². The molecule has 2 rings (SSSR count). The van der Waals surface area contributed by atoms with Gasteiger partial charge in [-0.2, -0.15) is 0 Å². The van der Waals surface area contributed by atoms with Crippen molar-refractivity contribution in [3.05, 3.63) is 71.8 Å². The normalized spacial score (nSPS) is 11.5. The molecule has 0 radical (unpaired) electrons. The molecule has 0 amide bonds. The summed E-state index contributed by atoms with van der Waals surface area (Å²) in [7, 11) is 1.86. The number of hydrogen-bond donors (Lipinski definition) is 0. The van der Waals surface area contributed by atoms with Crippen LogP contribution in [-0.2, 0) is 17.6 Å². The van der Waals surface area contributed by atoms with E-state index in [0.29, 0.717) is 0 Å². The Labute approximate surface area is 129 Å². The van der Waals surface area contributed by atoms with E-state index in [1.165, 1.54) is 11.1 Å². The Morgan fingerprint density at radius 3 is 1.52 bits per heavy atom. The zero-order chi connectivity index (χ0) is 15.0. The van der Waals surface area contributed by atoms with Gasteiger partial charge in [0.25, 0.3) is 0 Å². The number of hydrogen-bond acceptors (Lipinski definition) is 1. The van der Waals surface area contributed by atoms with Crippen LogP contribution in [0, 0.1) is 0 Å². The van der Waals surface area contributed by atoms with Crippen LogP contribution in [-0.4, -0.2) is 12.7 Å². The fourth-order valence-electron chi connectivity index (χ4n) is 2.86. The molecule has 0 atom stereocenters. The predicted octanol–water partition coefficient (Wildman–Crippen LogP) is 5.05. The van der Waals surface area contributed by atoms with E-state index in [0.717, 1.165) is 32.1 Å². The van der Waals surface area contributed by atoms with Gasteiger partial charge in [0.2, 0.25) is 0 Å². The maximum absolute atomic E-state index is 5.93. The lowest BCUT2D eigenvalue weighted by molar-refractivity contribution is -0.0269. The van der Waals surface area contributed by atoms with E-state index in [9.17, 15) is 0 Å². The Balaban J connectivity index is 1.95. The van der Waals surface area contributed by atoms with Gasteiger partial charge in [-0.1, -0.05) is 67.6 Å². The highest BCUT2D eigenvalue weighted by atomic mass is 16.5. The van der Waals surface area contributed by atoms with E-state index in [4.69, 9.17) is 4.74 Å². The van der Waals surface area contributed by atoms with E-state index < -0.39 is 0 Å². The highest BCUT2D eigenvalue weighted by Crippen LogP contribution is 2.28. The minimum atomic E-state index is -0.00825. The van der Waals surface area contributed by atoms with E-state index in [1.54, 1.807) is 0 Å². The van der Waals surface area contributed by atoms with Crippen LogP contribution in [0.1, 0.15) is 37.3 Å². The van der Waals surface area contributed by atoms with Crippen LogP contribution >= 0.6 is 0 Å². The Morgan fingerprint density at radius 2 is 1.19 bits per heavy atom. The van der Waals surface area contributed by atoms with Crippen LogP contribution in [0.15, 0.2) is 60.7 Å². The molecular weight excluding hydrogens is 256 g/mol. The van der Waals surface area contributed by atoms with Crippen molar-refractivity contribution in [2.75, 3.05) is 7.11 Å². The van der Waals surface area contributed by atoms with Gasteiger partial charge in [-0.3, -0.25) is 0 Å². The molecule has 0 unspecified atom stereocenters. The first-order valence-corrected chi connectivity index (χ1v) is 7.91. The summed E-state index contributed by atoms with van der Waals surface area (Å²) in [4.78, 5) is 0. The predicted molar refractivity (Wildman–Crippen MR) is 89.6 cm³/mol. The first kappa shape index (κ1) is 15.8. The highest BCUT2D eigenvalue weighted by molar-refractivity contribution is 5.16. The number of ether oxygens (including phenoxy) is 1. The van der Waals surface area contributed by atoms with Crippen LogP contribution in [0.4, 0.5) is 0 Å². The molecule has 112 valence electrons. The Kier molecular flexibility index (Phi) is 6.01. The van der Waals surface area contributed by atoms with Crippen LogP contribution < -0.4 is 0 Å². The number of methoxy groups -OCH3 is 1. The van der Waals surface area contributed by atoms with E-state index in [-0.39, 0.29) is 5.60 Å². The molecule has 0 fully saturated rings. The fraction of sp³-hybridized carbons (Fsp3) is 0.400. The van der Waals surface area contributed by atoms with Gasteiger partial charge < -0.3 is 4.74 Å². The summed E-state index contributed by atoms with van der Waals surface area (Å²) in [6.45, 7) is 2.24. The van der Waals surface area contributed by atoms with Crippen molar-refractivity contribution in [1.82, 2.24) is 0 Å². The molecule has 0 spiro atoms. The summed E-state index contributed by atoms with van der Waals surface area (Å²) < 4.78 is 5.93. The average Bonchev–Trinajstić information content (AvgIpc) is 2.58. The first-order chi connectivity index (χ1) is 10.3. The van der Waals surface area contributed by atoms with Crippen molar-refractivity contribution in [1.29, 1.82) is 0 Å². The van der Waals surface area contributed by atoms with Gasteiger partial charge in [0, 0.05) is 7.11 Å². The summed E-state index contributed by atoms with van der Waals surface area (Å²) in [6, 6.07) is 21.4. The lowest BCUT2D eigenvalue weighted by Crippen LogP contribution is -2.32. The maximum atomic E-state index is 5.93. The van der Waals surface area contributed by atoms with Crippen molar-refractivity contribution in [3.8, 4) is 0 Å². The third-order valence-corrected chi connectivity index (χ3v) is 4.50. The third-order valence-electron chi connectivity index (χ3n) is 4.50. The SMILES string of the molecule is CCC(CCc1ccccc1)(CCc1ccccc1)OC. The van der Waals surface area contributed by atoms with Crippen molar-refractivity contribution < 1.29 is 4.74 Å². The summed E-state index contributed by atoms with van der Waals surface area (Å²) >= 11 is 0. The number of rotatable bonds is 8. The second-order valence-electron chi connectivity index (χ2n) is 5.71. The summed E-state index contributed by atoms with van der Waals surface area (Å²) in [5.41, 5.74) is 2.78. The Bertz CT molecular complexity index is 454. The summed E-state index contributed by atoms with van der Waals surface area (Å²) in [5.74, 6) is 0. The van der Waals surface area contributed by atoms with Gasteiger partial charge in [0.05, 0.1) is 5.60 Å². The molecule has 2 aromatic rings. The summed E-state index contributed by atoms with van der Waals surface area (Å²) in [6.07, 6.45) is 5.38. The molecule has 0 bridgehead atoms. The smallest absolute Gasteiger partial charge is 0.0682 e. The zero-order valence-electron chi connectivity index (χ0n) is 13.2. The van der Waals surface area contributed by atoms with Crippen LogP contribution in [0.5, 0.6) is 0 Å². The van der Waals surface area contributed by atoms with Gasteiger partial charge in [-0.25, -0.2) is 0 Å². The molecule has 1 heteroatoms. The molecule has 0 aliphatic carbocycles. The third kappa shape index (κ3) is 4.71. The van der Waals surface area contributed by atoms with Gasteiger partial charge in [0.15, 0.2) is 0 Å². The average molecular weight is 282 g/mol. The second kappa shape index (κ2) is 7.99. The molecule has 0 saturated carbocycles. The molecule has 0 aromatic heterocycles. The number of benzene rings is 2. The standard InChI is InChI=1S/C20H26O/c1-3-20(21-2,16-14-18-10-6-4-7-11-18)17-15-19-12-8-5-9-13-19/h4-13H,3,14-17H2,1-2H3. The minimum absolute atomic E-state index is 0.00825. The Hall–Kier alpha value is -1.60. The largest absolute Gasteiger partial charge is 0.378 e. The zero-order valence-corrected chi connectivity index (χ0v) is 13.2. The topological polar surface area (TPSA) is 9.23 Å². The van der Waals surface area contributed by atoms with Crippen molar-refractivity contribution in [3.63, 3.8) is 0 Å². The van der Waals surface area contributed by atoms with Gasteiger partial charge in [-0.15, -0.1) is 0 Å². The quantitative estimate of drug-likeness (QED) is 0.658. The molecule has 0 heterocycles. The molecule has 0 N–H and O–H groups in total. The second-order valence-corrected chi connectivity index (χ2v) is 5.71. The minimum Gasteiger partial charge on any atom is -0.378 e. The lowest BCUT2D eigenvalue weighted by atomic mass is 9.86. The molecule has 21 heavy (non-hydrogen) atoms. The summed E-state index contributed by atoms with van der Waals surface area (Å²) in [5, 5.41) is 0. The molecule has 1 nitrogen and oxygen atoms in total. The molecule has 0 aliphatic heterocycles. The van der Waals surface area contributed by atoms with Gasteiger partial charge in [-0.05, 0) is 43.2 Å². The maximum Gasteiger partial charge on any atom is 0.0682 e. The van der Waals surface area contributed by atoms with Crippen LogP contribution in [0.25, 0.3) is 0 Å². The van der Waals surface area contributed by atoms with Crippen molar-refractivity contribution in [2.45, 2.75) is 44.6 Å². The molecular formula is C20H26O. The van der Waals surface area contributed by atoms with E-state index in [2.05, 4.69) is 67.6 Å². The molecule has 2 aromatic carbocycles. The Morgan fingerprint density at radius 1 is 0.762 bits per heavy atom.